The van der Waals surface area contributed by atoms with Crippen molar-refractivity contribution in [2.45, 2.75) is 46.6 Å². The fourth-order valence-corrected chi connectivity index (χ4v) is 3.29. The van der Waals surface area contributed by atoms with Crippen molar-refractivity contribution in [3.05, 3.63) is 65.2 Å². The molecular weight excluding hydrogens is 364 g/mol. The smallest absolute Gasteiger partial charge is 0.261 e. The third kappa shape index (κ3) is 6.34. The van der Waals surface area contributed by atoms with Crippen LogP contribution in [0.15, 0.2) is 48.5 Å². The summed E-state index contributed by atoms with van der Waals surface area (Å²) in [6, 6.07) is 15.3. The third-order valence-electron chi connectivity index (χ3n) is 5.13. The maximum absolute atomic E-state index is 13.1. The molecule has 0 aliphatic carbocycles. The molecule has 2 amide bonds. The number of carbonyl (C=O) groups excluding carboxylic acids is 2. The SMILES string of the molecule is CCNC(=O)C(CC)N(CCc1ccccc1)C(=O)COc1cccc(C)c1C. The van der Waals surface area contributed by atoms with E-state index in [2.05, 4.69) is 5.32 Å². The minimum atomic E-state index is -0.506. The van der Waals surface area contributed by atoms with Gasteiger partial charge in [-0.25, -0.2) is 0 Å². The van der Waals surface area contributed by atoms with Gasteiger partial charge in [-0.1, -0.05) is 49.4 Å². The van der Waals surface area contributed by atoms with Crippen LogP contribution < -0.4 is 10.1 Å². The molecule has 1 N–H and O–H groups in total. The number of amides is 2. The quantitative estimate of drug-likeness (QED) is 0.667. The largest absolute Gasteiger partial charge is 0.483 e. The van der Waals surface area contributed by atoms with Crippen molar-refractivity contribution < 1.29 is 14.3 Å². The van der Waals surface area contributed by atoms with Crippen LogP contribution in [0.2, 0.25) is 0 Å². The lowest BCUT2D eigenvalue weighted by atomic mass is 10.1. The summed E-state index contributed by atoms with van der Waals surface area (Å²) < 4.78 is 5.82. The van der Waals surface area contributed by atoms with Gasteiger partial charge in [-0.05, 0) is 56.4 Å². The Balaban J connectivity index is 2.14. The number of benzene rings is 2. The fraction of sp³-hybridized carbons (Fsp3) is 0.417. The van der Waals surface area contributed by atoms with Crippen LogP contribution in [0.25, 0.3) is 0 Å². The van der Waals surface area contributed by atoms with Crippen molar-refractivity contribution in [1.29, 1.82) is 0 Å². The lowest BCUT2D eigenvalue weighted by Crippen LogP contribution is -2.51. The Labute approximate surface area is 174 Å². The molecule has 2 aromatic carbocycles. The van der Waals surface area contributed by atoms with Crippen LogP contribution in [-0.2, 0) is 16.0 Å². The number of rotatable bonds is 10. The Kier molecular flexibility index (Phi) is 8.71. The summed E-state index contributed by atoms with van der Waals surface area (Å²) in [6.45, 7) is 8.71. The van der Waals surface area contributed by atoms with E-state index in [-0.39, 0.29) is 18.4 Å². The first-order chi connectivity index (χ1) is 14.0. The summed E-state index contributed by atoms with van der Waals surface area (Å²) in [6.07, 6.45) is 1.24. The summed E-state index contributed by atoms with van der Waals surface area (Å²) in [4.78, 5) is 27.3. The van der Waals surface area contributed by atoms with Gasteiger partial charge >= 0.3 is 0 Å². The van der Waals surface area contributed by atoms with Crippen molar-refractivity contribution in [3.63, 3.8) is 0 Å². The van der Waals surface area contributed by atoms with Gasteiger partial charge in [-0.2, -0.15) is 0 Å². The number of aryl methyl sites for hydroxylation is 1. The zero-order valence-electron chi connectivity index (χ0n) is 17.9. The second-order valence-electron chi connectivity index (χ2n) is 7.13. The molecular formula is C24H32N2O3. The van der Waals surface area contributed by atoms with E-state index in [4.69, 9.17) is 4.74 Å². The number of hydrogen-bond donors (Lipinski definition) is 1. The van der Waals surface area contributed by atoms with Gasteiger partial charge in [0, 0.05) is 13.1 Å². The molecule has 0 fully saturated rings. The fourth-order valence-electron chi connectivity index (χ4n) is 3.29. The molecule has 1 atom stereocenters. The van der Waals surface area contributed by atoms with Crippen LogP contribution in [0.1, 0.15) is 37.0 Å². The molecule has 0 aliphatic rings. The van der Waals surface area contributed by atoms with Crippen molar-refractivity contribution in [2.75, 3.05) is 19.7 Å². The maximum Gasteiger partial charge on any atom is 0.261 e. The van der Waals surface area contributed by atoms with Crippen LogP contribution in [0.3, 0.4) is 0 Å². The van der Waals surface area contributed by atoms with E-state index in [9.17, 15) is 9.59 Å². The Hall–Kier alpha value is -2.82. The predicted molar refractivity (Wildman–Crippen MR) is 116 cm³/mol. The van der Waals surface area contributed by atoms with Crippen LogP contribution in [-0.4, -0.2) is 42.5 Å². The van der Waals surface area contributed by atoms with Gasteiger partial charge in [0.05, 0.1) is 0 Å². The zero-order chi connectivity index (χ0) is 21.2. The first-order valence-corrected chi connectivity index (χ1v) is 10.3. The van der Waals surface area contributed by atoms with Gasteiger partial charge in [0.1, 0.15) is 11.8 Å². The van der Waals surface area contributed by atoms with Gasteiger partial charge < -0.3 is 15.0 Å². The summed E-state index contributed by atoms with van der Waals surface area (Å²) in [5, 5.41) is 2.85. The standard InChI is InChI=1S/C24H32N2O3/c1-5-21(24(28)25-6-2)26(16-15-20-12-8-7-9-13-20)23(27)17-29-22-14-10-11-18(3)19(22)4/h7-14,21H,5-6,15-17H2,1-4H3,(H,25,28). The van der Waals surface area contributed by atoms with Crippen LogP contribution in [0.4, 0.5) is 0 Å². The van der Waals surface area contributed by atoms with E-state index in [0.29, 0.717) is 31.7 Å². The van der Waals surface area contributed by atoms with Gasteiger partial charge in [-0.3, -0.25) is 9.59 Å². The highest BCUT2D eigenvalue weighted by molar-refractivity contribution is 5.88. The highest BCUT2D eigenvalue weighted by atomic mass is 16.5. The number of carbonyl (C=O) groups is 2. The second-order valence-corrected chi connectivity index (χ2v) is 7.13. The Bertz CT molecular complexity index is 805. The molecule has 0 heterocycles. The molecule has 0 radical (unpaired) electrons. The normalized spacial score (nSPS) is 11.6. The van der Waals surface area contributed by atoms with E-state index in [0.717, 1.165) is 16.7 Å². The molecule has 0 aromatic heterocycles. The van der Waals surface area contributed by atoms with Gasteiger partial charge in [0.25, 0.3) is 5.91 Å². The molecule has 0 aliphatic heterocycles. The topological polar surface area (TPSA) is 58.6 Å². The first kappa shape index (κ1) is 22.5. The molecule has 29 heavy (non-hydrogen) atoms. The number of nitrogens with one attached hydrogen (secondary N) is 1. The molecule has 0 saturated heterocycles. The molecule has 156 valence electrons. The van der Waals surface area contributed by atoms with E-state index < -0.39 is 6.04 Å². The van der Waals surface area contributed by atoms with Gasteiger partial charge in [0.2, 0.25) is 5.91 Å². The Morgan fingerprint density at radius 1 is 1.03 bits per heavy atom. The summed E-state index contributed by atoms with van der Waals surface area (Å²) >= 11 is 0. The molecule has 0 spiro atoms. The molecule has 0 bridgehead atoms. The molecule has 5 nitrogen and oxygen atoms in total. The molecule has 2 aromatic rings. The van der Waals surface area contributed by atoms with Crippen molar-refractivity contribution in [1.82, 2.24) is 10.2 Å². The van der Waals surface area contributed by atoms with E-state index in [1.165, 1.54) is 0 Å². The van der Waals surface area contributed by atoms with Crippen LogP contribution >= 0.6 is 0 Å². The predicted octanol–water partition coefficient (Wildman–Crippen LogP) is 3.67. The average Bonchev–Trinajstić information content (AvgIpc) is 2.72. The molecule has 2 rings (SSSR count). The van der Waals surface area contributed by atoms with E-state index in [1.54, 1.807) is 4.90 Å². The van der Waals surface area contributed by atoms with Crippen molar-refractivity contribution in [2.24, 2.45) is 0 Å². The van der Waals surface area contributed by atoms with Gasteiger partial charge in [-0.15, -0.1) is 0 Å². The van der Waals surface area contributed by atoms with Crippen molar-refractivity contribution in [3.8, 4) is 5.75 Å². The van der Waals surface area contributed by atoms with E-state index in [1.807, 2.05) is 76.2 Å². The highest BCUT2D eigenvalue weighted by Crippen LogP contribution is 2.21. The minimum Gasteiger partial charge on any atom is -0.483 e. The van der Waals surface area contributed by atoms with Crippen LogP contribution in [0, 0.1) is 13.8 Å². The number of nitrogens with zero attached hydrogens (tertiary/aromatic N) is 1. The summed E-state index contributed by atoms with van der Waals surface area (Å²) in [5.41, 5.74) is 3.27. The number of likely N-dealkylation sites (N-methyl/N-ethyl adjacent to an activating group) is 1. The summed E-state index contributed by atoms with van der Waals surface area (Å²) in [7, 11) is 0. The minimum absolute atomic E-state index is 0.0883. The molecule has 5 heteroatoms. The lowest BCUT2D eigenvalue weighted by Gasteiger charge is -2.30. The van der Waals surface area contributed by atoms with E-state index >= 15 is 0 Å². The van der Waals surface area contributed by atoms with Crippen LogP contribution in [0.5, 0.6) is 5.75 Å². The zero-order valence-corrected chi connectivity index (χ0v) is 17.9. The van der Waals surface area contributed by atoms with Crippen molar-refractivity contribution >= 4 is 11.8 Å². The molecule has 0 saturated carbocycles. The number of hydrogen-bond acceptors (Lipinski definition) is 3. The Morgan fingerprint density at radius 3 is 2.41 bits per heavy atom. The molecule has 1 unspecified atom stereocenters. The highest BCUT2D eigenvalue weighted by Gasteiger charge is 2.28. The average molecular weight is 397 g/mol. The second kappa shape index (κ2) is 11.2. The third-order valence-corrected chi connectivity index (χ3v) is 5.13. The summed E-state index contributed by atoms with van der Waals surface area (Å²) in [5.74, 6) is 0.399. The monoisotopic (exact) mass is 396 g/mol. The lowest BCUT2D eigenvalue weighted by molar-refractivity contribution is -0.142. The number of ether oxygens (including phenoxy) is 1. The Morgan fingerprint density at radius 2 is 1.76 bits per heavy atom. The van der Waals surface area contributed by atoms with Gasteiger partial charge in [0.15, 0.2) is 6.61 Å². The first-order valence-electron chi connectivity index (χ1n) is 10.3. The maximum atomic E-state index is 13.1.